The van der Waals surface area contributed by atoms with E-state index in [1.165, 1.54) is 11.8 Å². The Morgan fingerprint density at radius 2 is 1.74 bits per heavy atom. The Morgan fingerprint density at radius 1 is 0.971 bits per heavy atom. The number of aromatic nitrogens is 3. The fourth-order valence-corrected chi connectivity index (χ4v) is 4.15. The third-order valence-electron chi connectivity index (χ3n) is 5.11. The SMILES string of the molecule is CCCOC(=O)c1cccc(NC(=O)CSc2nnc(-c3ccccc3)n2-c2ccc(C)cc2)c1. The number of carbonyl (C=O) groups excluding carboxylic acids is 2. The van der Waals surface area contributed by atoms with E-state index < -0.39 is 5.97 Å². The molecule has 0 unspecified atom stereocenters. The Bertz CT molecular complexity index is 1300. The van der Waals surface area contributed by atoms with Gasteiger partial charge in [-0.3, -0.25) is 9.36 Å². The van der Waals surface area contributed by atoms with Crippen LogP contribution in [-0.2, 0) is 9.53 Å². The Balaban J connectivity index is 1.50. The van der Waals surface area contributed by atoms with Crippen molar-refractivity contribution in [2.24, 2.45) is 0 Å². The number of ether oxygens (including phenoxy) is 1. The molecule has 35 heavy (non-hydrogen) atoms. The molecule has 1 amide bonds. The lowest BCUT2D eigenvalue weighted by atomic mass is 10.2. The Labute approximate surface area is 208 Å². The number of hydrogen-bond donors (Lipinski definition) is 1. The monoisotopic (exact) mass is 486 g/mol. The largest absolute Gasteiger partial charge is 0.462 e. The zero-order chi connectivity index (χ0) is 24.6. The van der Waals surface area contributed by atoms with Crippen molar-refractivity contribution < 1.29 is 14.3 Å². The molecule has 1 N–H and O–H groups in total. The summed E-state index contributed by atoms with van der Waals surface area (Å²) < 4.78 is 7.13. The van der Waals surface area contributed by atoms with Crippen LogP contribution < -0.4 is 5.32 Å². The van der Waals surface area contributed by atoms with E-state index in [2.05, 4.69) is 15.5 Å². The molecule has 1 aromatic heterocycles. The first kappa shape index (κ1) is 24.2. The average molecular weight is 487 g/mol. The summed E-state index contributed by atoms with van der Waals surface area (Å²) in [5.41, 5.74) is 3.93. The van der Waals surface area contributed by atoms with Crippen LogP contribution in [0.1, 0.15) is 29.3 Å². The quantitative estimate of drug-likeness (QED) is 0.247. The molecule has 3 aromatic carbocycles. The van der Waals surface area contributed by atoms with Crippen molar-refractivity contribution in [1.82, 2.24) is 14.8 Å². The summed E-state index contributed by atoms with van der Waals surface area (Å²) in [7, 11) is 0. The number of esters is 1. The van der Waals surface area contributed by atoms with Crippen LogP contribution in [0.2, 0.25) is 0 Å². The van der Waals surface area contributed by atoms with Crippen molar-refractivity contribution in [3.63, 3.8) is 0 Å². The fourth-order valence-electron chi connectivity index (χ4n) is 3.39. The first-order valence-electron chi connectivity index (χ1n) is 11.3. The summed E-state index contributed by atoms with van der Waals surface area (Å²) >= 11 is 1.30. The van der Waals surface area contributed by atoms with Crippen molar-refractivity contribution >= 4 is 29.3 Å². The molecule has 0 aliphatic heterocycles. The Morgan fingerprint density at radius 3 is 2.49 bits per heavy atom. The lowest BCUT2D eigenvalue weighted by Crippen LogP contribution is -2.15. The van der Waals surface area contributed by atoms with Gasteiger partial charge in [0.15, 0.2) is 11.0 Å². The van der Waals surface area contributed by atoms with E-state index >= 15 is 0 Å². The molecule has 0 radical (unpaired) electrons. The standard InChI is InChI=1S/C27H26N4O3S/c1-3-16-34-26(33)21-10-7-11-22(17-21)28-24(32)18-35-27-30-29-25(20-8-5-4-6-9-20)31(27)23-14-12-19(2)13-15-23/h4-15,17H,3,16,18H2,1-2H3,(H,28,32). The molecule has 0 fully saturated rings. The number of benzene rings is 3. The first-order valence-corrected chi connectivity index (χ1v) is 12.3. The lowest BCUT2D eigenvalue weighted by molar-refractivity contribution is -0.113. The van der Waals surface area contributed by atoms with Gasteiger partial charge >= 0.3 is 5.97 Å². The minimum Gasteiger partial charge on any atom is -0.462 e. The molecule has 0 spiro atoms. The molecule has 0 bridgehead atoms. The van der Waals surface area contributed by atoms with Crippen molar-refractivity contribution in [2.45, 2.75) is 25.4 Å². The van der Waals surface area contributed by atoms with Gasteiger partial charge in [0.2, 0.25) is 5.91 Å². The third-order valence-corrected chi connectivity index (χ3v) is 6.04. The average Bonchev–Trinajstić information content (AvgIpc) is 3.31. The highest BCUT2D eigenvalue weighted by atomic mass is 32.2. The molecule has 1 heterocycles. The van der Waals surface area contributed by atoms with E-state index in [9.17, 15) is 9.59 Å². The Hall–Kier alpha value is -3.91. The van der Waals surface area contributed by atoms with Gasteiger partial charge in [-0.2, -0.15) is 0 Å². The second-order valence-corrected chi connectivity index (χ2v) is 8.84. The molecule has 0 aliphatic rings. The summed E-state index contributed by atoms with van der Waals surface area (Å²) in [5, 5.41) is 12.2. The number of anilines is 1. The van der Waals surface area contributed by atoms with E-state index in [0.717, 1.165) is 23.2 Å². The molecule has 8 heteroatoms. The lowest BCUT2D eigenvalue weighted by Gasteiger charge is -2.11. The predicted molar refractivity (Wildman–Crippen MR) is 138 cm³/mol. The fraction of sp³-hybridized carbons (Fsp3) is 0.185. The highest BCUT2D eigenvalue weighted by molar-refractivity contribution is 7.99. The van der Waals surface area contributed by atoms with Crippen LogP contribution in [-0.4, -0.2) is 39.0 Å². The molecule has 0 aliphatic carbocycles. The molecule has 7 nitrogen and oxygen atoms in total. The molecule has 0 saturated carbocycles. The van der Waals surface area contributed by atoms with Gasteiger partial charge in [0.1, 0.15) is 0 Å². The van der Waals surface area contributed by atoms with Gasteiger partial charge in [-0.05, 0) is 43.7 Å². The van der Waals surface area contributed by atoms with Crippen LogP contribution in [0.3, 0.4) is 0 Å². The third kappa shape index (κ3) is 6.16. The minimum atomic E-state index is -0.406. The van der Waals surface area contributed by atoms with Gasteiger partial charge in [0.25, 0.3) is 0 Å². The second-order valence-electron chi connectivity index (χ2n) is 7.90. The summed E-state index contributed by atoms with van der Waals surface area (Å²) in [4.78, 5) is 24.8. The van der Waals surface area contributed by atoms with Crippen LogP contribution >= 0.6 is 11.8 Å². The molecular weight excluding hydrogens is 460 g/mol. The summed E-state index contributed by atoms with van der Waals surface area (Å²) in [6, 6.07) is 24.6. The molecule has 4 aromatic rings. The smallest absolute Gasteiger partial charge is 0.338 e. The number of rotatable bonds is 9. The maximum Gasteiger partial charge on any atom is 0.338 e. The van der Waals surface area contributed by atoms with Gasteiger partial charge in [-0.25, -0.2) is 4.79 Å². The zero-order valence-electron chi connectivity index (χ0n) is 19.6. The number of hydrogen-bond acceptors (Lipinski definition) is 6. The van der Waals surface area contributed by atoms with Crippen LogP contribution in [0.25, 0.3) is 17.1 Å². The van der Waals surface area contributed by atoms with E-state index in [0.29, 0.717) is 28.8 Å². The topological polar surface area (TPSA) is 86.1 Å². The van der Waals surface area contributed by atoms with Gasteiger partial charge in [-0.1, -0.05) is 72.8 Å². The number of aryl methyl sites for hydroxylation is 1. The summed E-state index contributed by atoms with van der Waals surface area (Å²) in [6.45, 7) is 4.33. The first-order chi connectivity index (χ1) is 17.0. The van der Waals surface area contributed by atoms with Gasteiger partial charge in [-0.15, -0.1) is 10.2 Å². The maximum absolute atomic E-state index is 12.7. The van der Waals surface area contributed by atoms with Gasteiger partial charge in [0.05, 0.1) is 17.9 Å². The van der Waals surface area contributed by atoms with E-state index in [-0.39, 0.29) is 11.7 Å². The molecule has 0 atom stereocenters. The number of nitrogens with zero attached hydrogens (tertiary/aromatic N) is 3. The number of carbonyl (C=O) groups is 2. The van der Waals surface area contributed by atoms with Crippen LogP contribution in [0.15, 0.2) is 84.0 Å². The van der Waals surface area contributed by atoms with Crippen LogP contribution in [0.4, 0.5) is 5.69 Å². The van der Waals surface area contributed by atoms with Crippen molar-refractivity contribution in [2.75, 3.05) is 17.7 Å². The van der Waals surface area contributed by atoms with Gasteiger partial charge < -0.3 is 10.1 Å². The highest BCUT2D eigenvalue weighted by Gasteiger charge is 2.17. The normalized spacial score (nSPS) is 10.7. The molecule has 4 rings (SSSR count). The molecular formula is C27H26N4O3S. The Kier molecular flexibility index (Phi) is 7.95. The maximum atomic E-state index is 12.7. The number of thioether (sulfide) groups is 1. The van der Waals surface area contributed by atoms with Crippen molar-refractivity contribution in [3.8, 4) is 17.1 Å². The second kappa shape index (κ2) is 11.5. The summed E-state index contributed by atoms with van der Waals surface area (Å²) in [5.74, 6) is 0.213. The highest BCUT2D eigenvalue weighted by Crippen LogP contribution is 2.28. The number of nitrogens with one attached hydrogen (secondary N) is 1. The van der Waals surface area contributed by atoms with E-state index in [4.69, 9.17) is 4.74 Å². The zero-order valence-corrected chi connectivity index (χ0v) is 20.4. The summed E-state index contributed by atoms with van der Waals surface area (Å²) in [6.07, 6.45) is 0.749. The van der Waals surface area contributed by atoms with Crippen LogP contribution in [0, 0.1) is 6.92 Å². The van der Waals surface area contributed by atoms with E-state index in [1.807, 2.05) is 73.0 Å². The van der Waals surface area contributed by atoms with Gasteiger partial charge in [0, 0.05) is 16.9 Å². The van der Waals surface area contributed by atoms with Crippen molar-refractivity contribution in [3.05, 3.63) is 90.0 Å². The molecule has 0 saturated heterocycles. The predicted octanol–water partition coefficient (Wildman–Crippen LogP) is 5.54. The number of amides is 1. The molecule has 178 valence electrons. The van der Waals surface area contributed by atoms with Crippen LogP contribution in [0.5, 0.6) is 0 Å². The minimum absolute atomic E-state index is 0.128. The van der Waals surface area contributed by atoms with E-state index in [1.54, 1.807) is 24.3 Å². The van der Waals surface area contributed by atoms with Crippen molar-refractivity contribution in [1.29, 1.82) is 0 Å².